The van der Waals surface area contributed by atoms with E-state index in [-0.39, 0.29) is 0 Å². The summed E-state index contributed by atoms with van der Waals surface area (Å²) in [5.74, 6) is 2.84. The summed E-state index contributed by atoms with van der Waals surface area (Å²) in [6.07, 6.45) is 3.60. The molecule has 0 amide bonds. The first-order valence-electron chi connectivity index (χ1n) is 14.3. The molecule has 3 heterocycles. The lowest BCUT2D eigenvalue weighted by Gasteiger charge is -2.12. The second kappa shape index (κ2) is 10.6. The van der Waals surface area contributed by atoms with Crippen molar-refractivity contribution in [2.75, 3.05) is 0 Å². The van der Waals surface area contributed by atoms with E-state index in [1.165, 1.54) is 5.56 Å². The predicted molar refractivity (Wildman–Crippen MR) is 172 cm³/mol. The van der Waals surface area contributed by atoms with Gasteiger partial charge in [-0.2, -0.15) is 0 Å². The van der Waals surface area contributed by atoms with Gasteiger partial charge >= 0.3 is 0 Å². The summed E-state index contributed by atoms with van der Waals surface area (Å²) in [7, 11) is 2.09. The summed E-state index contributed by atoms with van der Waals surface area (Å²) in [6, 6.07) is 29.8. The molecule has 0 saturated carbocycles. The molecule has 0 bridgehead atoms. The molecule has 0 fully saturated rings. The van der Waals surface area contributed by atoms with Gasteiger partial charge in [0.15, 0.2) is 0 Å². The van der Waals surface area contributed by atoms with Gasteiger partial charge in [-0.05, 0) is 59.9 Å². The summed E-state index contributed by atoms with van der Waals surface area (Å²) in [4.78, 5) is 17.7. The molecule has 0 aliphatic rings. The van der Waals surface area contributed by atoms with E-state index in [0.717, 1.165) is 86.7 Å². The van der Waals surface area contributed by atoms with Crippen LogP contribution in [-0.4, -0.2) is 29.1 Å². The van der Waals surface area contributed by atoms with Crippen molar-refractivity contribution in [3.05, 3.63) is 113 Å². The fourth-order valence-corrected chi connectivity index (χ4v) is 6.05. The van der Waals surface area contributed by atoms with Crippen molar-refractivity contribution in [3.63, 3.8) is 0 Å². The van der Waals surface area contributed by atoms with Gasteiger partial charge in [0.05, 0.1) is 28.3 Å². The molecular weight excluding hydrogens is 540 g/mol. The molecule has 6 nitrogen and oxygen atoms in total. The van der Waals surface area contributed by atoms with E-state index < -0.39 is 0 Å². The normalized spacial score (nSPS) is 11.6. The molecule has 4 aromatic carbocycles. The molecule has 42 heavy (non-hydrogen) atoms. The molecule has 7 rings (SSSR count). The maximum absolute atomic E-state index is 6.12. The van der Waals surface area contributed by atoms with E-state index in [2.05, 4.69) is 113 Å². The number of para-hydroxylation sites is 2. The van der Waals surface area contributed by atoms with Gasteiger partial charge in [-0.15, -0.1) is 0 Å². The first kappa shape index (κ1) is 26.2. The Hall–Kier alpha value is -4.68. The second-order valence-corrected chi connectivity index (χ2v) is 11.2. The highest BCUT2D eigenvalue weighted by Crippen LogP contribution is 2.33. The van der Waals surface area contributed by atoms with Gasteiger partial charge in [-0.1, -0.05) is 79.2 Å². The molecule has 0 aliphatic heterocycles. The molecule has 208 valence electrons. The Morgan fingerprint density at radius 3 is 2.33 bits per heavy atom. The van der Waals surface area contributed by atoms with Gasteiger partial charge in [0.2, 0.25) is 0 Å². The lowest BCUT2D eigenvalue weighted by Crippen LogP contribution is -2.05. The van der Waals surface area contributed by atoms with Gasteiger partial charge in [0, 0.05) is 31.1 Å². The Kier molecular flexibility index (Phi) is 6.63. The minimum atomic E-state index is 0.528. The lowest BCUT2D eigenvalue weighted by atomic mass is 9.98. The number of rotatable bonds is 7. The van der Waals surface area contributed by atoms with Crippen LogP contribution < -0.4 is 0 Å². The molecule has 7 heteroatoms. The highest BCUT2D eigenvalue weighted by molar-refractivity contribution is 6.29. The summed E-state index contributed by atoms with van der Waals surface area (Å²) in [6.45, 7) is 5.10. The van der Waals surface area contributed by atoms with Gasteiger partial charge < -0.3 is 14.1 Å². The topological polar surface area (TPSA) is 64.3 Å². The molecule has 0 atom stereocenters. The standard InChI is InChI=1S/C35H31ClN6/c1-4-9-32-40-33-22(2)18-25(35-38-28-12-7-8-13-29(28)41(35)3)19-30(33)42(32)21-23-14-16-24(17-15-23)26-10-5-6-11-27(26)34-37-20-31(36)39-34/h5-8,10-20H,4,9,21H2,1-3H3,(H,37,39). The average molecular weight is 571 g/mol. The minimum Gasteiger partial charge on any atom is -0.329 e. The third-order valence-electron chi connectivity index (χ3n) is 7.98. The zero-order valence-corrected chi connectivity index (χ0v) is 24.7. The third-order valence-corrected chi connectivity index (χ3v) is 8.17. The number of benzene rings is 4. The van der Waals surface area contributed by atoms with E-state index in [1.54, 1.807) is 6.20 Å². The molecular formula is C35H31ClN6. The van der Waals surface area contributed by atoms with Crippen LogP contribution in [0.2, 0.25) is 5.15 Å². The number of hydrogen-bond acceptors (Lipinski definition) is 3. The van der Waals surface area contributed by atoms with Crippen molar-refractivity contribution < 1.29 is 0 Å². The van der Waals surface area contributed by atoms with E-state index in [9.17, 15) is 0 Å². The fraction of sp³-hybridized carbons (Fsp3) is 0.171. The number of aromatic nitrogens is 6. The van der Waals surface area contributed by atoms with Gasteiger partial charge in [-0.25, -0.2) is 15.0 Å². The van der Waals surface area contributed by atoms with Crippen molar-refractivity contribution in [3.8, 4) is 33.9 Å². The van der Waals surface area contributed by atoms with E-state index in [0.29, 0.717) is 5.15 Å². The van der Waals surface area contributed by atoms with Crippen molar-refractivity contribution in [2.45, 2.75) is 33.2 Å². The van der Waals surface area contributed by atoms with Crippen molar-refractivity contribution in [1.82, 2.24) is 29.1 Å². The van der Waals surface area contributed by atoms with Gasteiger partial charge in [0.25, 0.3) is 0 Å². The number of aryl methyl sites for hydroxylation is 3. The Labute approximate surface area is 249 Å². The van der Waals surface area contributed by atoms with Crippen LogP contribution in [0.5, 0.6) is 0 Å². The molecule has 0 unspecified atom stereocenters. The molecule has 3 aromatic heterocycles. The summed E-state index contributed by atoms with van der Waals surface area (Å²) in [5, 5.41) is 0.528. The van der Waals surface area contributed by atoms with Crippen LogP contribution in [0.25, 0.3) is 56.0 Å². The number of aromatic amines is 1. The number of halogens is 1. The van der Waals surface area contributed by atoms with Crippen LogP contribution in [0.3, 0.4) is 0 Å². The Balaban J connectivity index is 1.28. The van der Waals surface area contributed by atoms with Crippen LogP contribution in [0.4, 0.5) is 0 Å². The quantitative estimate of drug-likeness (QED) is 0.209. The first-order chi connectivity index (χ1) is 20.5. The molecule has 7 aromatic rings. The van der Waals surface area contributed by atoms with Crippen LogP contribution in [0, 0.1) is 6.92 Å². The van der Waals surface area contributed by atoms with Crippen LogP contribution >= 0.6 is 11.6 Å². The van der Waals surface area contributed by atoms with Crippen LogP contribution in [0.1, 0.15) is 30.3 Å². The highest BCUT2D eigenvalue weighted by Gasteiger charge is 2.17. The van der Waals surface area contributed by atoms with Crippen LogP contribution in [-0.2, 0) is 20.0 Å². The maximum Gasteiger partial charge on any atom is 0.140 e. The van der Waals surface area contributed by atoms with Crippen molar-refractivity contribution >= 4 is 33.7 Å². The van der Waals surface area contributed by atoms with Crippen LogP contribution in [0.15, 0.2) is 91.1 Å². The van der Waals surface area contributed by atoms with E-state index in [4.69, 9.17) is 21.6 Å². The summed E-state index contributed by atoms with van der Waals surface area (Å²) < 4.78 is 4.56. The third kappa shape index (κ3) is 4.58. The smallest absolute Gasteiger partial charge is 0.140 e. The number of nitrogens with one attached hydrogen (secondary N) is 1. The maximum atomic E-state index is 6.12. The minimum absolute atomic E-state index is 0.528. The van der Waals surface area contributed by atoms with Crippen molar-refractivity contribution in [2.24, 2.45) is 7.05 Å². The zero-order chi connectivity index (χ0) is 28.8. The Bertz CT molecular complexity index is 2060. The molecule has 1 N–H and O–H groups in total. The number of H-pyrrole nitrogens is 1. The lowest BCUT2D eigenvalue weighted by molar-refractivity contribution is 0.722. The summed E-state index contributed by atoms with van der Waals surface area (Å²) >= 11 is 6.12. The zero-order valence-electron chi connectivity index (χ0n) is 23.9. The molecule has 0 spiro atoms. The number of nitrogens with zero attached hydrogens (tertiary/aromatic N) is 5. The second-order valence-electron chi connectivity index (χ2n) is 10.8. The fourth-order valence-electron chi connectivity index (χ4n) is 5.91. The first-order valence-corrected chi connectivity index (χ1v) is 14.7. The van der Waals surface area contributed by atoms with E-state index in [1.807, 2.05) is 12.1 Å². The molecule has 0 aliphatic carbocycles. The Morgan fingerprint density at radius 2 is 1.60 bits per heavy atom. The van der Waals surface area contributed by atoms with Gasteiger partial charge in [0.1, 0.15) is 22.6 Å². The largest absolute Gasteiger partial charge is 0.329 e. The number of fused-ring (bicyclic) bond motifs is 2. The van der Waals surface area contributed by atoms with E-state index >= 15 is 0 Å². The van der Waals surface area contributed by atoms with Gasteiger partial charge in [-0.3, -0.25) is 0 Å². The predicted octanol–water partition coefficient (Wildman–Crippen LogP) is 8.61. The molecule has 0 radical (unpaired) electrons. The van der Waals surface area contributed by atoms with Crippen molar-refractivity contribution in [1.29, 1.82) is 0 Å². The highest BCUT2D eigenvalue weighted by atomic mass is 35.5. The number of imidazole rings is 3. The number of hydrogen-bond donors (Lipinski definition) is 1. The SMILES string of the molecule is CCCc1nc2c(C)cc(-c3nc4ccccc4n3C)cc2n1Cc1ccc(-c2ccccc2-c2ncc(Cl)[nH]2)cc1. The average Bonchev–Trinajstić information content (AvgIpc) is 3.70. The Morgan fingerprint density at radius 1 is 0.833 bits per heavy atom. The summed E-state index contributed by atoms with van der Waals surface area (Å²) in [5.41, 5.74) is 11.1. The monoisotopic (exact) mass is 570 g/mol. The molecule has 0 saturated heterocycles.